The number of morpholine rings is 1. The molecule has 1 aliphatic heterocycles. The number of anilines is 1. The van der Waals surface area contributed by atoms with Crippen molar-refractivity contribution in [1.82, 2.24) is 10.2 Å². The largest absolute Gasteiger partial charge is 0.378 e. The Morgan fingerprint density at radius 3 is 2.60 bits per heavy atom. The van der Waals surface area contributed by atoms with Gasteiger partial charge in [-0.15, -0.1) is 10.2 Å². The standard InChI is InChI=1S/C10H13N3O2/c1-8(14)9-2-3-10(12-11-9)13-4-6-15-7-5-13/h2-3H,4-7H2,1H3. The highest BCUT2D eigenvalue weighted by atomic mass is 16.5. The minimum absolute atomic E-state index is 0.0592. The molecule has 80 valence electrons. The van der Waals surface area contributed by atoms with Gasteiger partial charge in [0.1, 0.15) is 5.69 Å². The molecule has 0 N–H and O–H groups in total. The molecular formula is C10H13N3O2. The molecule has 1 aromatic heterocycles. The second-order valence-electron chi connectivity index (χ2n) is 3.43. The van der Waals surface area contributed by atoms with Crippen molar-refractivity contribution < 1.29 is 9.53 Å². The summed E-state index contributed by atoms with van der Waals surface area (Å²) in [5.41, 5.74) is 0.409. The first-order valence-electron chi connectivity index (χ1n) is 4.95. The maximum atomic E-state index is 11.0. The lowest BCUT2D eigenvalue weighted by molar-refractivity contribution is 0.101. The number of hydrogen-bond donors (Lipinski definition) is 0. The van der Waals surface area contributed by atoms with Crippen molar-refractivity contribution in [3.05, 3.63) is 17.8 Å². The highest BCUT2D eigenvalue weighted by Gasteiger charge is 2.13. The van der Waals surface area contributed by atoms with Crippen molar-refractivity contribution in [1.29, 1.82) is 0 Å². The molecule has 0 aromatic carbocycles. The summed E-state index contributed by atoms with van der Waals surface area (Å²) < 4.78 is 5.24. The SMILES string of the molecule is CC(=O)c1ccc(N2CCOCC2)nn1. The molecule has 0 unspecified atom stereocenters. The summed E-state index contributed by atoms with van der Waals surface area (Å²) >= 11 is 0. The van der Waals surface area contributed by atoms with Crippen molar-refractivity contribution in [2.24, 2.45) is 0 Å². The number of aromatic nitrogens is 2. The minimum Gasteiger partial charge on any atom is -0.378 e. The lowest BCUT2D eigenvalue weighted by atomic mass is 10.3. The van der Waals surface area contributed by atoms with Crippen LogP contribution in [0.4, 0.5) is 5.82 Å². The Bertz CT molecular complexity index is 344. The normalized spacial score (nSPS) is 16.5. The van der Waals surface area contributed by atoms with Crippen molar-refractivity contribution in [3.63, 3.8) is 0 Å². The van der Waals surface area contributed by atoms with E-state index >= 15 is 0 Å². The zero-order valence-electron chi connectivity index (χ0n) is 8.64. The molecule has 0 saturated carbocycles. The lowest BCUT2D eigenvalue weighted by Crippen LogP contribution is -2.36. The number of carbonyl (C=O) groups is 1. The van der Waals surface area contributed by atoms with E-state index in [9.17, 15) is 4.79 Å². The summed E-state index contributed by atoms with van der Waals surface area (Å²) in [6, 6.07) is 3.54. The van der Waals surface area contributed by atoms with Crippen LogP contribution in [0.1, 0.15) is 17.4 Å². The molecule has 0 bridgehead atoms. The average Bonchev–Trinajstić information content (AvgIpc) is 2.30. The van der Waals surface area contributed by atoms with Crippen LogP contribution in [0.5, 0.6) is 0 Å². The maximum absolute atomic E-state index is 11.0. The van der Waals surface area contributed by atoms with Gasteiger partial charge in [0, 0.05) is 20.0 Å². The number of ether oxygens (including phenoxy) is 1. The smallest absolute Gasteiger partial charge is 0.180 e. The fourth-order valence-electron chi connectivity index (χ4n) is 1.47. The van der Waals surface area contributed by atoms with E-state index in [2.05, 4.69) is 15.1 Å². The Morgan fingerprint density at radius 2 is 2.07 bits per heavy atom. The average molecular weight is 207 g/mol. The van der Waals surface area contributed by atoms with E-state index < -0.39 is 0 Å². The van der Waals surface area contributed by atoms with Gasteiger partial charge in [0.2, 0.25) is 0 Å². The second kappa shape index (κ2) is 4.35. The molecule has 0 atom stereocenters. The van der Waals surface area contributed by atoms with Crippen molar-refractivity contribution in [2.75, 3.05) is 31.2 Å². The Labute approximate surface area is 88.1 Å². The summed E-state index contributed by atoms with van der Waals surface area (Å²) in [6.07, 6.45) is 0. The van der Waals surface area contributed by atoms with E-state index in [1.54, 1.807) is 6.07 Å². The van der Waals surface area contributed by atoms with Gasteiger partial charge in [-0.2, -0.15) is 0 Å². The highest BCUT2D eigenvalue weighted by Crippen LogP contribution is 2.11. The molecule has 5 heteroatoms. The summed E-state index contributed by atoms with van der Waals surface area (Å²) in [7, 11) is 0. The summed E-state index contributed by atoms with van der Waals surface area (Å²) in [5, 5.41) is 7.89. The predicted octanol–water partition coefficient (Wildman–Crippen LogP) is 0.516. The van der Waals surface area contributed by atoms with Crippen LogP contribution in [0.3, 0.4) is 0 Å². The molecule has 0 amide bonds. The molecule has 0 radical (unpaired) electrons. The first kappa shape index (κ1) is 10.0. The Hall–Kier alpha value is -1.49. The van der Waals surface area contributed by atoms with Gasteiger partial charge in [-0.05, 0) is 12.1 Å². The van der Waals surface area contributed by atoms with Gasteiger partial charge in [0.25, 0.3) is 0 Å². The topological polar surface area (TPSA) is 55.3 Å². The second-order valence-corrected chi connectivity index (χ2v) is 3.43. The van der Waals surface area contributed by atoms with Crippen molar-refractivity contribution in [3.8, 4) is 0 Å². The zero-order valence-corrected chi connectivity index (χ0v) is 8.64. The molecule has 2 rings (SSSR count). The molecule has 1 saturated heterocycles. The molecule has 1 fully saturated rings. The van der Waals surface area contributed by atoms with Crippen LogP contribution in [0.25, 0.3) is 0 Å². The van der Waals surface area contributed by atoms with E-state index in [0.29, 0.717) is 5.69 Å². The number of rotatable bonds is 2. The number of carbonyl (C=O) groups excluding carboxylic acids is 1. The van der Waals surface area contributed by atoms with E-state index in [-0.39, 0.29) is 5.78 Å². The fourth-order valence-corrected chi connectivity index (χ4v) is 1.47. The molecule has 15 heavy (non-hydrogen) atoms. The van der Waals surface area contributed by atoms with Crippen LogP contribution in [0.2, 0.25) is 0 Å². The van der Waals surface area contributed by atoms with Gasteiger partial charge in [-0.1, -0.05) is 0 Å². The van der Waals surface area contributed by atoms with Gasteiger partial charge >= 0.3 is 0 Å². The fraction of sp³-hybridized carbons (Fsp3) is 0.500. The summed E-state index contributed by atoms with van der Waals surface area (Å²) in [5.74, 6) is 0.749. The first-order chi connectivity index (χ1) is 7.27. The third kappa shape index (κ3) is 2.30. The number of Topliss-reactive ketones (excluding diaryl/α,β-unsaturated/α-hetero) is 1. The van der Waals surface area contributed by atoms with Crippen molar-refractivity contribution in [2.45, 2.75) is 6.92 Å². The molecule has 2 heterocycles. The molecule has 0 spiro atoms. The van der Waals surface area contributed by atoms with Crippen LogP contribution >= 0.6 is 0 Å². The predicted molar refractivity (Wildman–Crippen MR) is 55.1 cm³/mol. The van der Waals surface area contributed by atoms with E-state index in [1.807, 2.05) is 6.07 Å². The monoisotopic (exact) mass is 207 g/mol. The Balaban J connectivity index is 2.11. The van der Waals surface area contributed by atoms with E-state index in [1.165, 1.54) is 6.92 Å². The van der Waals surface area contributed by atoms with Crippen LogP contribution < -0.4 is 4.90 Å². The zero-order chi connectivity index (χ0) is 10.7. The lowest BCUT2D eigenvalue weighted by Gasteiger charge is -2.27. The Kier molecular flexibility index (Phi) is 2.91. The number of hydrogen-bond acceptors (Lipinski definition) is 5. The molecule has 1 aliphatic rings. The van der Waals surface area contributed by atoms with Crippen molar-refractivity contribution >= 4 is 11.6 Å². The number of ketones is 1. The van der Waals surface area contributed by atoms with E-state index in [0.717, 1.165) is 32.1 Å². The third-order valence-electron chi connectivity index (χ3n) is 2.35. The summed E-state index contributed by atoms with van der Waals surface area (Å²) in [4.78, 5) is 13.1. The van der Waals surface area contributed by atoms with Gasteiger partial charge in [0.05, 0.1) is 13.2 Å². The van der Waals surface area contributed by atoms with Gasteiger partial charge in [0.15, 0.2) is 11.6 Å². The van der Waals surface area contributed by atoms with Gasteiger partial charge in [-0.25, -0.2) is 0 Å². The first-order valence-corrected chi connectivity index (χ1v) is 4.95. The van der Waals surface area contributed by atoms with Gasteiger partial charge < -0.3 is 9.64 Å². The van der Waals surface area contributed by atoms with E-state index in [4.69, 9.17) is 4.74 Å². The number of nitrogens with zero attached hydrogens (tertiary/aromatic N) is 3. The van der Waals surface area contributed by atoms with Gasteiger partial charge in [-0.3, -0.25) is 4.79 Å². The summed E-state index contributed by atoms with van der Waals surface area (Å²) in [6.45, 7) is 4.58. The molecular weight excluding hydrogens is 194 g/mol. The third-order valence-corrected chi connectivity index (χ3v) is 2.35. The Morgan fingerprint density at radius 1 is 1.33 bits per heavy atom. The molecule has 5 nitrogen and oxygen atoms in total. The van der Waals surface area contributed by atoms with Crippen LogP contribution in [0, 0.1) is 0 Å². The minimum atomic E-state index is -0.0592. The highest BCUT2D eigenvalue weighted by molar-refractivity contribution is 5.91. The quantitative estimate of drug-likeness (QED) is 0.661. The van der Waals surface area contributed by atoms with Crippen LogP contribution in [0.15, 0.2) is 12.1 Å². The molecule has 0 aliphatic carbocycles. The van der Waals surface area contributed by atoms with Crippen LogP contribution in [-0.2, 0) is 4.74 Å². The molecule has 1 aromatic rings. The van der Waals surface area contributed by atoms with Crippen LogP contribution in [-0.4, -0.2) is 42.3 Å². The maximum Gasteiger partial charge on any atom is 0.180 e.